The van der Waals surface area contributed by atoms with Crippen molar-refractivity contribution in [3.8, 4) is 0 Å². The third-order valence-electron chi connectivity index (χ3n) is 3.19. The van der Waals surface area contributed by atoms with Crippen molar-refractivity contribution >= 4 is 37.7 Å². The minimum absolute atomic E-state index is 0.0636. The van der Waals surface area contributed by atoms with Gasteiger partial charge < -0.3 is 0 Å². The molecule has 2 rings (SSSR count). The minimum atomic E-state index is -3.39. The SMILES string of the molecule is CSC1CCCC1NS(=O)(=O)c1ccc(Br)cc1. The molecule has 0 aromatic heterocycles. The fourth-order valence-electron chi connectivity index (χ4n) is 2.22. The molecule has 1 saturated carbocycles. The Bertz CT molecular complexity index is 501. The van der Waals surface area contributed by atoms with Gasteiger partial charge in [-0.2, -0.15) is 11.8 Å². The second-order valence-electron chi connectivity index (χ2n) is 4.39. The number of rotatable bonds is 4. The molecule has 0 heterocycles. The number of benzene rings is 1. The highest BCUT2D eigenvalue weighted by molar-refractivity contribution is 9.10. The van der Waals surface area contributed by atoms with Gasteiger partial charge in [0.1, 0.15) is 0 Å². The van der Waals surface area contributed by atoms with Crippen molar-refractivity contribution in [1.29, 1.82) is 0 Å². The van der Waals surface area contributed by atoms with Gasteiger partial charge in [0.2, 0.25) is 10.0 Å². The van der Waals surface area contributed by atoms with Gasteiger partial charge in [0.05, 0.1) is 4.90 Å². The summed E-state index contributed by atoms with van der Waals surface area (Å²) in [6.07, 6.45) is 5.16. The third kappa shape index (κ3) is 3.29. The predicted molar refractivity (Wildman–Crippen MR) is 79.4 cm³/mol. The highest BCUT2D eigenvalue weighted by Gasteiger charge is 2.30. The Morgan fingerprint density at radius 3 is 2.56 bits per heavy atom. The molecular formula is C12H16BrNO2S2. The normalized spacial score (nSPS) is 24.3. The quantitative estimate of drug-likeness (QED) is 0.908. The molecule has 1 N–H and O–H groups in total. The molecule has 2 atom stereocenters. The smallest absolute Gasteiger partial charge is 0.207 e. The molecule has 3 nitrogen and oxygen atoms in total. The Labute approximate surface area is 121 Å². The maximum atomic E-state index is 12.2. The number of halogens is 1. The molecule has 0 aliphatic heterocycles. The Balaban J connectivity index is 2.14. The van der Waals surface area contributed by atoms with Gasteiger partial charge in [-0.3, -0.25) is 0 Å². The molecule has 0 spiro atoms. The zero-order valence-electron chi connectivity index (χ0n) is 10.1. The summed E-state index contributed by atoms with van der Waals surface area (Å²) in [5, 5.41) is 0.398. The van der Waals surface area contributed by atoms with Crippen LogP contribution >= 0.6 is 27.7 Å². The van der Waals surface area contributed by atoms with E-state index in [2.05, 4.69) is 20.7 Å². The van der Waals surface area contributed by atoms with Gasteiger partial charge in [0.25, 0.3) is 0 Å². The van der Waals surface area contributed by atoms with E-state index in [1.54, 1.807) is 36.0 Å². The van der Waals surface area contributed by atoms with Gasteiger partial charge in [-0.25, -0.2) is 13.1 Å². The van der Waals surface area contributed by atoms with E-state index in [9.17, 15) is 8.42 Å². The first-order valence-electron chi connectivity index (χ1n) is 5.83. The van der Waals surface area contributed by atoms with Crippen LogP contribution in [-0.2, 0) is 10.0 Å². The van der Waals surface area contributed by atoms with E-state index in [4.69, 9.17) is 0 Å². The molecule has 0 radical (unpaired) electrons. The molecule has 100 valence electrons. The third-order valence-corrected chi connectivity index (χ3v) is 6.39. The van der Waals surface area contributed by atoms with Crippen molar-refractivity contribution in [2.24, 2.45) is 0 Å². The lowest BCUT2D eigenvalue weighted by Gasteiger charge is -2.19. The molecule has 0 amide bonds. The molecular weight excluding hydrogens is 334 g/mol. The first-order chi connectivity index (χ1) is 8.53. The van der Waals surface area contributed by atoms with E-state index < -0.39 is 10.0 Å². The van der Waals surface area contributed by atoms with Gasteiger partial charge in [-0.1, -0.05) is 22.4 Å². The van der Waals surface area contributed by atoms with Crippen LogP contribution in [0.2, 0.25) is 0 Å². The minimum Gasteiger partial charge on any atom is -0.207 e. The molecule has 18 heavy (non-hydrogen) atoms. The molecule has 0 saturated heterocycles. The van der Waals surface area contributed by atoms with Crippen LogP contribution in [0.25, 0.3) is 0 Å². The van der Waals surface area contributed by atoms with E-state index in [1.165, 1.54) is 0 Å². The van der Waals surface area contributed by atoms with Crippen LogP contribution in [0.3, 0.4) is 0 Å². The molecule has 1 fully saturated rings. The Kier molecular flexibility index (Phi) is 4.75. The van der Waals surface area contributed by atoms with E-state index >= 15 is 0 Å². The summed E-state index contributed by atoms with van der Waals surface area (Å²) in [7, 11) is -3.39. The van der Waals surface area contributed by atoms with Gasteiger partial charge in [-0.05, 0) is 43.4 Å². The van der Waals surface area contributed by atoms with Crippen LogP contribution in [0.1, 0.15) is 19.3 Å². The molecule has 6 heteroatoms. The number of sulfonamides is 1. The van der Waals surface area contributed by atoms with E-state index in [0.717, 1.165) is 23.7 Å². The van der Waals surface area contributed by atoms with Gasteiger partial charge in [0, 0.05) is 15.8 Å². The Hall–Kier alpha value is -0.0400. The number of nitrogens with one attached hydrogen (secondary N) is 1. The topological polar surface area (TPSA) is 46.2 Å². The average molecular weight is 350 g/mol. The first-order valence-corrected chi connectivity index (χ1v) is 9.40. The van der Waals surface area contributed by atoms with Crippen LogP contribution in [-0.4, -0.2) is 26.0 Å². The van der Waals surface area contributed by atoms with Crippen LogP contribution in [0.15, 0.2) is 33.6 Å². The summed E-state index contributed by atoms with van der Waals surface area (Å²) in [6.45, 7) is 0. The van der Waals surface area contributed by atoms with Crippen molar-refractivity contribution in [2.45, 2.75) is 35.4 Å². The maximum absolute atomic E-state index is 12.2. The highest BCUT2D eigenvalue weighted by atomic mass is 79.9. The molecule has 0 bridgehead atoms. The highest BCUT2D eigenvalue weighted by Crippen LogP contribution is 2.29. The summed E-state index contributed by atoms with van der Waals surface area (Å²) in [4.78, 5) is 0.331. The Morgan fingerprint density at radius 2 is 1.94 bits per heavy atom. The standard InChI is InChI=1S/C12H16BrNO2S2/c1-17-12-4-2-3-11(12)14-18(15,16)10-7-5-9(13)6-8-10/h5-8,11-12,14H,2-4H2,1H3. The summed E-state index contributed by atoms with van der Waals surface area (Å²) in [6, 6.07) is 6.80. The lowest BCUT2D eigenvalue weighted by Crippen LogP contribution is -2.38. The van der Waals surface area contributed by atoms with E-state index in [1.807, 2.05) is 6.26 Å². The predicted octanol–water partition coefficient (Wildman–Crippen LogP) is 3.01. The number of hydrogen-bond donors (Lipinski definition) is 1. The molecule has 1 aromatic carbocycles. The van der Waals surface area contributed by atoms with Crippen LogP contribution in [0.4, 0.5) is 0 Å². The van der Waals surface area contributed by atoms with Gasteiger partial charge >= 0.3 is 0 Å². The van der Waals surface area contributed by atoms with E-state index in [-0.39, 0.29) is 6.04 Å². The molecule has 1 aliphatic carbocycles. The van der Waals surface area contributed by atoms with Gasteiger partial charge in [-0.15, -0.1) is 0 Å². The van der Waals surface area contributed by atoms with Crippen LogP contribution < -0.4 is 4.72 Å². The maximum Gasteiger partial charge on any atom is 0.240 e. The summed E-state index contributed by atoms with van der Waals surface area (Å²) in [5.41, 5.74) is 0. The second kappa shape index (κ2) is 5.94. The van der Waals surface area contributed by atoms with Crippen LogP contribution in [0, 0.1) is 0 Å². The second-order valence-corrected chi connectivity index (χ2v) is 8.09. The van der Waals surface area contributed by atoms with Crippen molar-refractivity contribution in [3.63, 3.8) is 0 Å². The largest absolute Gasteiger partial charge is 0.240 e. The summed E-state index contributed by atoms with van der Waals surface area (Å²) in [5.74, 6) is 0. The van der Waals surface area contributed by atoms with E-state index in [0.29, 0.717) is 10.1 Å². The fourth-order valence-corrected chi connectivity index (χ4v) is 4.82. The van der Waals surface area contributed by atoms with Crippen molar-refractivity contribution in [2.75, 3.05) is 6.26 Å². The molecule has 2 unspecified atom stereocenters. The zero-order chi connectivity index (χ0) is 13.2. The van der Waals surface area contributed by atoms with Crippen molar-refractivity contribution in [3.05, 3.63) is 28.7 Å². The van der Waals surface area contributed by atoms with Crippen molar-refractivity contribution in [1.82, 2.24) is 4.72 Å². The monoisotopic (exact) mass is 349 g/mol. The molecule has 1 aliphatic rings. The van der Waals surface area contributed by atoms with Gasteiger partial charge in [0.15, 0.2) is 0 Å². The lowest BCUT2D eigenvalue weighted by molar-refractivity contribution is 0.555. The fraction of sp³-hybridized carbons (Fsp3) is 0.500. The average Bonchev–Trinajstić information content (AvgIpc) is 2.76. The van der Waals surface area contributed by atoms with Crippen molar-refractivity contribution < 1.29 is 8.42 Å². The van der Waals surface area contributed by atoms with Crippen LogP contribution in [0.5, 0.6) is 0 Å². The Morgan fingerprint density at radius 1 is 1.28 bits per heavy atom. The summed E-state index contributed by atoms with van der Waals surface area (Å²) < 4.78 is 28.2. The number of hydrogen-bond acceptors (Lipinski definition) is 3. The first kappa shape index (κ1) is 14.4. The number of thioether (sulfide) groups is 1. The lowest BCUT2D eigenvalue weighted by atomic mass is 10.3. The zero-order valence-corrected chi connectivity index (χ0v) is 13.3. The summed E-state index contributed by atoms with van der Waals surface area (Å²) >= 11 is 5.05. The molecule has 1 aromatic rings.